The standard InChI is InChI=1S/C16H27N3O/c1-19-16(11-15(18-19)8-9-20-2)17-14-5-3-4-13(10-14)12-6-7-12/h11-14,17H,3-10H2,1-2H3. The monoisotopic (exact) mass is 277 g/mol. The highest BCUT2D eigenvalue weighted by molar-refractivity contribution is 5.38. The molecule has 0 bridgehead atoms. The summed E-state index contributed by atoms with van der Waals surface area (Å²) < 4.78 is 7.10. The van der Waals surface area contributed by atoms with Gasteiger partial charge in [0.1, 0.15) is 5.82 Å². The molecule has 1 aromatic heterocycles. The van der Waals surface area contributed by atoms with Crippen molar-refractivity contribution in [3.8, 4) is 0 Å². The quantitative estimate of drug-likeness (QED) is 0.869. The SMILES string of the molecule is COCCc1cc(NC2CCCC(C3CC3)C2)n(C)n1. The van der Waals surface area contributed by atoms with E-state index in [2.05, 4.69) is 16.5 Å². The molecular weight excluding hydrogens is 250 g/mol. The van der Waals surface area contributed by atoms with Gasteiger partial charge in [-0.15, -0.1) is 0 Å². The second-order valence-corrected chi connectivity index (χ2v) is 6.49. The van der Waals surface area contributed by atoms with Crippen LogP contribution in [-0.4, -0.2) is 29.5 Å². The first-order chi connectivity index (χ1) is 9.76. The summed E-state index contributed by atoms with van der Waals surface area (Å²) in [5.41, 5.74) is 1.12. The molecule has 1 aromatic rings. The minimum Gasteiger partial charge on any atom is -0.384 e. The number of methoxy groups -OCH3 is 1. The van der Waals surface area contributed by atoms with Crippen LogP contribution in [0.2, 0.25) is 0 Å². The molecule has 1 heterocycles. The number of aryl methyl sites for hydroxylation is 1. The predicted octanol–water partition coefficient (Wildman–Crippen LogP) is 2.99. The van der Waals surface area contributed by atoms with Crippen molar-refractivity contribution in [1.29, 1.82) is 0 Å². The highest BCUT2D eigenvalue weighted by Crippen LogP contribution is 2.44. The molecular formula is C16H27N3O. The predicted molar refractivity (Wildman–Crippen MR) is 80.9 cm³/mol. The molecule has 2 saturated carbocycles. The van der Waals surface area contributed by atoms with Crippen LogP contribution in [0.4, 0.5) is 5.82 Å². The molecule has 2 fully saturated rings. The van der Waals surface area contributed by atoms with E-state index in [0.29, 0.717) is 6.04 Å². The molecule has 4 heteroatoms. The van der Waals surface area contributed by atoms with E-state index in [4.69, 9.17) is 4.74 Å². The van der Waals surface area contributed by atoms with Gasteiger partial charge in [-0.25, -0.2) is 0 Å². The Morgan fingerprint density at radius 2 is 2.15 bits per heavy atom. The van der Waals surface area contributed by atoms with Gasteiger partial charge >= 0.3 is 0 Å². The van der Waals surface area contributed by atoms with E-state index in [-0.39, 0.29) is 0 Å². The average molecular weight is 277 g/mol. The van der Waals surface area contributed by atoms with Crippen molar-refractivity contribution in [3.05, 3.63) is 11.8 Å². The highest BCUT2D eigenvalue weighted by atomic mass is 16.5. The number of nitrogens with one attached hydrogen (secondary N) is 1. The third kappa shape index (κ3) is 3.35. The Morgan fingerprint density at radius 3 is 2.90 bits per heavy atom. The summed E-state index contributed by atoms with van der Waals surface area (Å²) in [7, 11) is 3.77. The summed E-state index contributed by atoms with van der Waals surface area (Å²) in [6, 6.07) is 2.82. The molecule has 3 rings (SSSR count). The summed E-state index contributed by atoms with van der Waals surface area (Å²) in [6.45, 7) is 0.740. The molecule has 0 radical (unpaired) electrons. The Labute approximate surface area is 121 Å². The molecule has 2 atom stereocenters. The van der Waals surface area contributed by atoms with Crippen molar-refractivity contribution < 1.29 is 4.74 Å². The van der Waals surface area contributed by atoms with Gasteiger partial charge in [-0.2, -0.15) is 5.10 Å². The fourth-order valence-corrected chi connectivity index (χ4v) is 3.55. The lowest BCUT2D eigenvalue weighted by Crippen LogP contribution is -2.28. The second kappa shape index (κ2) is 6.17. The third-order valence-electron chi connectivity index (χ3n) is 4.85. The van der Waals surface area contributed by atoms with Crippen LogP contribution in [0.5, 0.6) is 0 Å². The molecule has 4 nitrogen and oxygen atoms in total. The van der Waals surface area contributed by atoms with E-state index in [0.717, 1.165) is 36.4 Å². The number of hydrogen-bond donors (Lipinski definition) is 1. The van der Waals surface area contributed by atoms with E-state index in [1.54, 1.807) is 7.11 Å². The molecule has 0 spiro atoms. The third-order valence-corrected chi connectivity index (χ3v) is 4.85. The Bertz CT molecular complexity index is 439. The van der Waals surface area contributed by atoms with Crippen LogP contribution in [0.15, 0.2) is 6.07 Å². The van der Waals surface area contributed by atoms with Crippen molar-refractivity contribution in [1.82, 2.24) is 9.78 Å². The maximum absolute atomic E-state index is 5.12. The topological polar surface area (TPSA) is 39.1 Å². The van der Waals surface area contributed by atoms with Gasteiger partial charge in [-0.05, 0) is 37.5 Å². The summed E-state index contributed by atoms with van der Waals surface area (Å²) in [5, 5.41) is 8.27. The summed E-state index contributed by atoms with van der Waals surface area (Å²) in [4.78, 5) is 0. The lowest BCUT2D eigenvalue weighted by molar-refractivity contribution is 0.201. The first kappa shape index (κ1) is 13.9. The molecule has 2 aliphatic carbocycles. The van der Waals surface area contributed by atoms with E-state index in [1.807, 2.05) is 11.7 Å². The summed E-state index contributed by atoms with van der Waals surface area (Å²) in [5.74, 6) is 3.18. The fraction of sp³-hybridized carbons (Fsp3) is 0.812. The molecule has 0 aliphatic heterocycles. The maximum atomic E-state index is 5.12. The number of nitrogens with zero attached hydrogens (tertiary/aromatic N) is 2. The van der Waals surface area contributed by atoms with Crippen LogP contribution in [0.25, 0.3) is 0 Å². The van der Waals surface area contributed by atoms with Crippen molar-refractivity contribution in [2.45, 2.75) is 51.0 Å². The summed E-state index contributed by atoms with van der Waals surface area (Å²) >= 11 is 0. The van der Waals surface area contributed by atoms with E-state index < -0.39 is 0 Å². The van der Waals surface area contributed by atoms with Gasteiger partial charge in [-0.3, -0.25) is 4.68 Å². The van der Waals surface area contributed by atoms with Crippen LogP contribution in [0.1, 0.15) is 44.2 Å². The zero-order valence-electron chi connectivity index (χ0n) is 12.8. The van der Waals surface area contributed by atoms with Crippen molar-refractivity contribution in [3.63, 3.8) is 0 Å². The van der Waals surface area contributed by atoms with Crippen molar-refractivity contribution in [2.75, 3.05) is 19.0 Å². The Morgan fingerprint density at radius 1 is 1.30 bits per heavy atom. The number of hydrogen-bond acceptors (Lipinski definition) is 3. The Kier molecular flexibility index (Phi) is 4.29. The van der Waals surface area contributed by atoms with Crippen molar-refractivity contribution in [2.24, 2.45) is 18.9 Å². The normalized spacial score (nSPS) is 26.7. The van der Waals surface area contributed by atoms with E-state index in [1.165, 1.54) is 38.5 Å². The van der Waals surface area contributed by atoms with Gasteiger partial charge in [0.25, 0.3) is 0 Å². The lowest BCUT2D eigenvalue weighted by Gasteiger charge is -2.30. The molecule has 112 valence electrons. The van der Waals surface area contributed by atoms with Crippen LogP contribution in [0, 0.1) is 11.8 Å². The second-order valence-electron chi connectivity index (χ2n) is 6.49. The molecule has 2 unspecified atom stereocenters. The number of aromatic nitrogens is 2. The van der Waals surface area contributed by atoms with E-state index >= 15 is 0 Å². The summed E-state index contributed by atoms with van der Waals surface area (Å²) in [6.07, 6.45) is 9.33. The fourth-order valence-electron chi connectivity index (χ4n) is 3.55. The maximum Gasteiger partial charge on any atom is 0.124 e. The molecule has 2 aliphatic rings. The van der Waals surface area contributed by atoms with Gasteiger partial charge < -0.3 is 10.1 Å². The molecule has 0 amide bonds. The van der Waals surface area contributed by atoms with Crippen LogP contribution < -0.4 is 5.32 Å². The number of rotatable bonds is 6. The zero-order valence-corrected chi connectivity index (χ0v) is 12.8. The minimum atomic E-state index is 0.639. The van der Waals surface area contributed by atoms with Gasteiger partial charge in [-0.1, -0.05) is 12.8 Å². The van der Waals surface area contributed by atoms with Crippen LogP contribution >= 0.6 is 0 Å². The largest absolute Gasteiger partial charge is 0.384 e. The smallest absolute Gasteiger partial charge is 0.124 e. The first-order valence-corrected chi connectivity index (χ1v) is 8.04. The molecule has 0 saturated heterocycles. The highest BCUT2D eigenvalue weighted by Gasteiger charge is 2.34. The lowest BCUT2D eigenvalue weighted by atomic mass is 9.83. The molecule has 1 N–H and O–H groups in total. The van der Waals surface area contributed by atoms with Gasteiger partial charge in [0, 0.05) is 32.7 Å². The Hall–Kier alpha value is -1.03. The van der Waals surface area contributed by atoms with Gasteiger partial charge in [0.2, 0.25) is 0 Å². The first-order valence-electron chi connectivity index (χ1n) is 8.04. The van der Waals surface area contributed by atoms with Gasteiger partial charge in [0.05, 0.1) is 12.3 Å². The van der Waals surface area contributed by atoms with Crippen LogP contribution in [-0.2, 0) is 18.2 Å². The minimum absolute atomic E-state index is 0.639. The molecule has 20 heavy (non-hydrogen) atoms. The zero-order chi connectivity index (χ0) is 13.9. The van der Waals surface area contributed by atoms with Gasteiger partial charge in [0.15, 0.2) is 0 Å². The Balaban J connectivity index is 1.57. The average Bonchev–Trinajstić information content (AvgIpc) is 3.24. The molecule has 0 aromatic carbocycles. The van der Waals surface area contributed by atoms with Crippen LogP contribution in [0.3, 0.4) is 0 Å². The van der Waals surface area contributed by atoms with Crippen molar-refractivity contribution >= 4 is 5.82 Å². The number of ether oxygens (including phenoxy) is 1. The van der Waals surface area contributed by atoms with E-state index in [9.17, 15) is 0 Å². The number of anilines is 1.